The Balaban J connectivity index is 2.96. The van der Waals surface area contributed by atoms with Crippen LogP contribution in [-0.4, -0.2) is 10.7 Å². The van der Waals surface area contributed by atoms with E-state index in [1.807, 2.05) is 6.92 Å². The number of hydrogen-bond acceptors (Lipinski definition) is 1. The van der Waals surface area contributed by atoms with Crippen molar-refractivity contribution in [3.63, 3.8) is 0 Å². The molecule has 1 N–H and O–H groups in total. The maximum atomic E-state index is 9.84. The lowest BCUT2D eigenvalue weighted by atomic mass is 9.75. The zero-order valence-corrected chi connectivity index (χ0v) is 7.23. The van der Waals surface area contributed by atoms with Crippen LogP contribution in [0.4, 0.5) is 0 Å². The summed E-state index contributed by atoms with van der Waals surface area (Å²) in [5.41, 5.74) is 0.738. The molecule has 10 heavy (non-hydrogen) atoms. The highest BCUT2D eigenvalue weighted by Crippen LogP contribution is 2.45. The first-order valence-corrected chi connectivity index (χ1v) is 3.77. The highest BCUT2D eigenvalue weighted by molar-refractivity contribution is 5.23. The van der Waals surface area contributed by atoms with Crippen LogP contribution in [0.2, 0.25) is 0 Å². The summed E-state index contributed by atoms with van der Waals surface area (Å²) in [6.45, 7) is 8.17. The minimum absolute atomic E-state index is 0.0347. The molecule has 1 unspecified atom stereocenters. The molecule has 1 atom stereocenters. The Bertz CT molecular complexity index is 175. The second-order valence-corrected chi connectivity index (χ2v) is 3.99. The minimum atomic E-state index is -0.531. The van der Waals surface area contributed by atoms with Gasteiger partial charge in [-0.05, 0) is 20.3 Å². The van der Waals surface area contributed by atoms with Gasteiger partial charge in [-0.2, -0.15) is 0 Å². The van der Waals surface area contributed by atoms with Gasteiger partial charge in [0.05, 0.1) is 5.60 Å². The van der Waals surface area contributed by atoms with Gasteiger partial charge in [-0.25, -0.2) is 0 Å². The molecule has 0 saturated carbocycles. The summed E-state index contributed by atoms with van der Waals surface area (Å²) in [7, 11) is 0. The molecule has 1 aliphatic rings. The van der Waals surface area contributed by atoms with Crippen molar-refractivity contribution in [1.29, 1.82) is 0 Å². The normalized spacial score (nSPS) is 37.9. The van der Waals surface area contributed by atoms with Gasteiger partial charge in [0, 0.05) is 5.41 Å². The molecule has 1 heteroatoms. The predicted octanol–water partition coefficient (Wildman–Crippen LogP) is 2.11. The van der Waals surface area contributed by atoms with Crippen LogP contribution in [-0.2, 0) is 0 Å². The van der Waals surface area contributed by atoms with Crippen molar-refractivity contribution >= 4 is 0 Å². The van der Waals surface area contributed by atoms with Gasteiger partial charge in [0.15, 0.2) is 0 Å². The first-order valence-electron chi connectivity index (χ1n) is 3.77. The Morgan fingerprint density at radius 3 is 2.00 bits per heavy atom. The molecule has 1 rings (SSSR count). The van der Waals surface area contributed by atoms with Gasteiger partial charge in [-0.1, -0.05) is 25.5 Å². The molecule has 0 aromatic rings. The molecule has 1 aliphatic carbocycles. The van der Waals surface area contributed by atoms with E-state index in [0.29, 0.717) is 0 Å². The van der Waals surface area contributed by atoms with E-state index < -0.39 is 5.60 Å². The van der Waals surface area contributed by atoms with Crippen LogP contribution in [0.15, 0.2) is 11.6 Å². The van der Waals surface area contributed by atoms with E-state index in [9.17, 15) is 5.11 Å². The summed E-state index contributed by atoms with van der Waals surface area (Å²) in [4.78, 5) is 0. The van der Waals surface area contributed by atoms with E-state index in [-0.39, 0.29) is 5.41 Å². The Hall–Kier alpha value is -0.300. The van der Waals surface area contributed by atoms with Gasteiger partial charge in [0.25, 0.3) is 0 Å². The van der Waals surface area contributed by atoms with Crippen LogP contribution in [0.3, 0.4) is 0 Å². The number of rotatable bonds is 0. The van der Waals surface area contributed by atoms with E-state index in [4.69, 9.17) is 0 Å². The van der Waals surface area contributed by atoms with E-state index in [0.717, 1.165) is 6.42 Å². The molecule has 0 amide bonds. The van der Waals surface area contributed by atoms with Gasteiger partial charge >= 0.3 is 0 Å². The third kappa shape index (κ3) is 0.807. The van der Waals surface area contributed by atoms with Crippen LogP contribution in [0.25, 0.3) is 0 Å². The second-order valence-electron chi connectivity index (χ2n) is 3.99. The molecule has 0 radical (unpaired) electrons. The van der Waals surface area contributed by atoms with Crippen LogP contribution < -0.4 is 0 Å². The Labute approximate surface area is 62.8 Å². The van der Waals surface area contributed by atoms with Gasteiger partial charge in [-0.15, -0.1) is 0 Å². The van der Waals surface area contributed by atoms with E-state index in [1.54, 1.807) is 0 Å². The van der Waals surface area contributed by atoms with Crippen LogP contribution in [0, 0.1) is 5.41 Å². The fourth-order valence-electron chi connectivity index (χ4n) is 1.29. The Kier molecular flexibility index (Phi) is 1.44. The maximum absolute atomic E-state index is 9.84. The lowest BCUT2D eigenvalue weighted by Crippen LogP contribution is -2.38. The molecular weight excluding hydrogens is 124 g/mol. The average molecular weight is 140 g/mol. The molecular formula is C9H16O. The van der Waals surface area contributed by atoms with Crippen molar-refractivity contribution in [2.24, 2.45) is 5.41 Å². The quantitative estimate of drug-likeness (QED) is 0.511. The van der Waals surface area contributed by atoms with Gasteiger partial charge in [-0.3, -0.25) is 0 Å². The summed E-state index contributed by atoms with van der Waals surface area (Å²) < 4.78 is 0. The molecule has 0 spiro atoms. The topological polar surface area (TPSA) is 20.2 Å². The van der Waals surface area contributed by atoms with Crippen molar-refractivity contribution in [2.45, 2.75) is 39.7 Å². The fourth-order valence-corrected chi connectivity index (χ4v) is 1.29. The molecule has 58 valence electrons. The fraction of sp³-hybridized carbons (Fsp3) is 0.778. The summed E-state index contributed by atoms with van der Waals surface area (Å²) in [5, 5.41) is 9.84. The van der Waals surface area contributed by atoms with Crippen LogP contribution >= 0.6 is 0 Å². The van der Waals surface area contributed by atoms with E-state index >= 15 is 0 Å². The first kappa shape index (κ1) is 7.80. The summed E-state index contributed by atoms with van der Waals surface area (Å²) in [5.74, 6) is 0. The van der Waals surface area contributed by atoms with Crippen molar-refractivity contribution < 1.29 is 5.11 Å². The standard InChI is InChI=1S/C9H16O/c1-7-5-6-9(4,10)8(7,2)3/h5,10H,6H2,1-4H3. The SMILES string of the molecule is CC1=CCC(C)(O)C1(C)C. The minimum Gasteiger partial charge on any atom is -0.389 e. The molecule has 1 nitrogen and oxygen atoms in total. The van der Waals surface area contributed by atoms with E-state index in [1.165, 1.54) is 5.57 Å². The van der Waals surface area contributed by atoms with Crippen molar-refractivity contribution in [3.8, 4) is 0 Å². The predicted molar refractivity (Wildman–Crippen MR) is 42.8 cm³/mol. The summed E-state index contributed by atoms with van der Waals surface area (Å²) >= 11 is 0. The van der Waals surface area contributed by atoms with Crippen molar-refractivity contribution in [2.75, 3.05) is 0 Å². The first-order chi connectivity index (χ1) is 4.38. The van der Waals surface area contributed by atoms with Crippen LogP contribution in [0.5, 0.6) is 0 Å². The van der Waals surface area contributed by atoms with Gasteiger partial charge in [0.1, 0.15) is 0 Å². The van der Waals surface area contributed by atoms with Crippen LogP contribution in [0.1, 0.15) is 34.1 Å². The monoisotopic (exact) mass is 140 g/mol. The lowest BCUT2D eigenvalue weighted by molar-refractivity contribution is -0.0160. The zero-order valence-electron chi connectivity index (χ0n) is 7.23. The third-order valence-electron chi connectivity index (χ3n) is 3.14. The molecule has 0 bridgehead atoms. The second kappa shape index (κ2) is 1.85. The molecule has 0 aromatic carbocycles. The zero-order chi connectivity index (χ0) is 7.99. The summed E-state index contributed by atoms with van der Waals surface area (Å²) in [6, 6.07) is 0. The average Bonchev–Trinajstić information content (AvgIpc) is 1.94. The van der Waals surface area contributed by atoms with Gasteiger partial charge < -0.3 is 5.11 Å². The maximum Gasteiger partial charge on any atom is 0.0741 e. The van der Waals surface area contributed by atoms with Gasteiger partial charge in [0.2, 0.25) is 0 Å². The molecule has 0 saturated heterocycles. The van der Waals surface area contributed by atoms with Crippen molar-refractivity contribution in [3.05, 3.63) is 11.6 Å². The van der Waals surface area contributed by atoms with Crippen molar-refractivity contribution in [1.82, 2.24) is 0 Å². The lowest BCUT2D eigenvalue weighted by Gasteiger charge is -2.35. The highest BCUT2D eigenvalue weighted by atomic mass is 16.3. The third-order valence-corrected chi connectivity index (χ3v) is 3.14. The largest absolute Gasteiger partial charge is 0.389 e. The smallest absolute Gasteiger partial charge is 0.0741 e. The number of aliphatic hydroxyl groups is 1. The number of hydrogen-bond donors (Lipinski definition) is 1. The Morgan fingerprint density at radius 2 is 1.90 bits per heavy atom. The summed E-state index contributed by atoms with van der Waals surface area (Å²) in [6.07, 6.45) is 2.92. The molecule has 0 fully saturated rings. The molecule has 0 aromatic heterocycles. The molecule has 0 heterocycles. The molecule has 0 aliphatic heterocycles. The van der Waals surface area contributed by atoms with E-state index in [2.05, 4.69) is 26.8 Å². The highest BCUT2D eigenvalue weighted by Gasteiger charge is 2.43. The Morgan fingerprint density at radius 1 is 1.40 bits per heavy atom.